The smallest absolute Gasteiger partial charge is 0.344 e. The van der Waals surface area contributed by atoms with Gasteiger partial charge in [-0.3, -0.25) is 19.3 Å². The lowest BCUT2D eigenvalue weighted by Gasteiger charge is -2.30. The number of hydrogen-bond donors (Lipinski definition) is 2. The molecule has 2 N–H and O–H groups in total. The number of fused-ring (bicyclic) bond motifs is 2. The minimum Gasteiger partial charge on any atom is -0.344 e. The molecular weight excluding hydrogens is 442 g/mol. The third kappa shape index (κ3) is 4.04. The number of anilines is 1. The minimum absolute atomic E-state index is 0.105. The van der Waals surface area contributed by atoms with Gasteiger partial charge in [-0.15, -0.1) is 0 Å². The molecule has 2 aliphatic carbocycles. The highest BCUT2D eigenvalue weighted by atomic mass is 19.3. The van der Waals surface area contributed by atoms with Crippen molar-refractivity contribution in [3.8, 4) is 6.57 Å². The summed E-state index contributed by atoms with van der Waals surface area (Å²) >= 11 is 0. The second kappa shape index (κ2) is 8.33. The summed E-state index contributed by atoms with van der Waals surface area (Å²) in [5.41, 5.74) is 0.590. The standard InChI is InChI=1S/C25H28F2N4O3/c1-28-20-13-24(17-4-2-3-5-18(17)30-23(24)34)14-31(20)22(33)19(12-15-6-7-15)29-21(32)16-8-10-25(26,27)11-9-16/h1-5,15-16,19-20H,6-14H2,(H-,29,30,32,34)/p+1/t19-,20-,24-/m0/s1. The molecule has 34 heavy (non-hydrogen) atoms. The second-order valence-electron chi connectivity index (χ2n) is 10.3. The molecule has 0 aromatic heterocycles. The summed E-state index contributed by atoms with van der Waals surface area (Å²) in [7, 11) is 0. The van der Waals surface area contributed by atoms with Crippen molar-refractivity contribution >= 4 is 23.4 Å². The molecule has 3 atom stereocenters. The van der Waals surface area contributed by atoms with Crippen molar-refractivity contribution in [1.82, 2.24) is 10.2 Å². The van der Waals surface area contributed by atoms with Crippen molar-refractivity contribution in [3.63, 3.8) is 0 Å². The number of nitrogens with zero attached hydrogens (tertiary/aromatic N) is 2. The monoisotopic (exact) mass is 471 g/mol. The van der Waals surface area contributed by atoms with Gasteiger partial charge >= 0.3 is 6.17 Å². The Balaban J connectivity index is 1.35. The number of carbonyl (C=O) groups excluding carboxylic acids is 3. The third-order valence-corrected chi connectivity index (χ3v) is 7.88. The molecule has 3 fully saturated rings. The summed E-state index contributed by atoms with van der Waals surface area (Å²) in [6, 6.07) is 6.59. The lowest BCUT2D eigenvalue weighted by Crippen LogP contribution is -2.52. The van der Waals surface area contributed by atoms with Crippen LogP contribution in [-0.4, -0.2) is 47.3 Å². The molecule has 3 amide bonds. The van der Waals surface area contributed by atoms with Crippen molar-refractivity contribution in [1.29, 1.82) is 0 Å². The fourth-order valence-electron chi connectivity index (χ4n) is 5.67. The van der Waals surface area contributed by atoms with Crippen LogP contribution in [0, 0.1) is 18.4 Å². The van der Waals surface area contributed by atoms with Crippen LogP contribution in [0.5, 0.6) is 0 Å². The van der Waals surface area contributed by atoms with E-state index in [1.165, 1.54) is 4.90 Å². The lowest BCUT2D eigenvalue weighted by atomic mass is 9.80. The molecule has 1 saturated heterocycles. The topological polar surface area (TPSA) is 82.9 Å². The third-order valence-electron chi connectivity index (χ3n) is 7.88. The first-order valence-corrected chi connectivity index (χ1v) is 12.0. The molecule has 1 spiro atoms. The molecule has 2 saturated carbocycles. The summed E-state index contributed by atoms with van der Waals surface area (Å²) in [5.74, 6) is -3.78. The highest BCUT2D eigenvalue weighted by Gasteiger charge is 2.60. The van der Waals surface area contributed by atoms with Gasteiger partial charge in [0.2, 0.25) is 17.7 Å². The number of likely N-dealkylation sites (tertiary alicyclic amines) is 1. The van der Waals surface area contributed by atoms with E-state index >= 15 is 0 Å². The van der Waals surface area contributed by atoms with Crippen LogP contribution in [0.25, 0.3) is 4.85 Å². The number of nitrogens with one attached hydrogen (secondary N) is 2. The SMILES string of the molecule is C#[N+][C@@H]1C[C@@]2(CN1C(=O)[C@H](CC1CC1)NC(=O)C1CCC(F)(F)CC1)C(=O)Nc1ccccc12. The highest BCUT2D eigenvalue weighted by molar-refractivity contribution is 6.07. The van der Waals surface area contributed by atoms with Crippen LogP contribution in [-0.2, 0) is 19.8 Å². The highest BCUT2D eigenvalue weighted by Crippen LogP contribution is 2.47. The van der Waals surface area contributed by atoms with Crippen molar-refractivity contribution < 1.29 is 23.2 Å². The van der Waals surface area contributed by atoms with E-state index in [0.717, 1.165) is 24.1 Å². The molecule has 2 heterocycles. The van der Waals surface area contributed by atoms with Crippen molar-refractivity contribution in [2.24, 2.45) is 11.8 Å². The van der Waals surface area contributed by atoms with Crippen molar-refractivity contribution in [3.05, 3.63) is 34.7 Å². The van der Waals surface area contributed by atoms with E-state index in [0.29, 0.717) is 12.3 Å². The van der Waals surface area contributed by atoms with E-state index in [1.807, 2.05) is 24.3 Å². The number of halogens is 2. The van der Waals surface area contributed by atoms with Crippen LogP contribution in [0.1, 0.15) is 56.9 Å². The summed E-state index contributed by atoms with van der Waals surface area (Å²) in [5, 5.41) is 5.76. The average Bonchev–Trinajstić information content (AvgIpc) is 3.48. The molecule has 5 rings (SSSR count). The van der Waals surface area contributed by atoms with Gasteiger partial charge in [-0.25, -0.2) is 8.78 Å². The van der Waals surface area contributed by atoms with Crippen LogP contribution >= 0.6 is 0 Å². The van der Waals surface area contributed by atoms with E-state index in [4.69, 9.17) is 6.57 Å². The number of carbonyl (C=O) groups is 3. The summed E-state index contributed by atoms with van der Waals surface area (Å²) in [6.45, 7) is 5.79. The number of hydrogen-bond acceptors (Lipinski definition) is 3. The van der Waals surface area contributed by atoms with E-state index in [1.54, 1.807) is 0 Å². The van der Waals surface area contributed by atoms with Gasteiger partial charge in [-0.05, 0) is 36.8 Å². The molecule has 2 aliphatic heterocycles. The Labute approximate surface area is 197 Å². The number of alkyl halides is 2. The molecule has 1 aromatic rings. The first kappa shape index (κ1) is 22.8. The number of para-hydroxylation sites is 1. The Bertz CT molecular complexity index is 1060. The van der Waals surface area contributed by atoms with Crippen LogP contribution < -0.4 is 10.6 Å². The van der Waals surface area contributed by atoms with Crippen LogP contribution in [0.2, 0.25) is 0 Å². The van der Waals surface area contributed by atoms with Gasteiger partial charge in [0.15, 0.2) is 0 Å². The zero-order chi connectivity index (χ0) is 24.1. The van der Waals surface area contributed by atoms with E-state index in [-0.39, 0.29) is 56.4 Å². The van der Waals surface area contributed by atoms with Gasteiger partial charge in [0, 0.05) is 31.0 Å². The Kier molecular flexibility index (Phi) is 5.58. The van der Waals surface area contributed by atoms with Gasteiger partial charge in [0.25, 0.3) is 12.5 Å². The Morgan fingerprint density at radius 2 is 1.91 bits per heavy atom. The first-order chi connectivity index (χ1) is 16.2. The Morgan fingerprint density at radius 3 is 2.59 bits per heavy atom. The molecule has 0 unspecified atom stereocenters. The maximum atomic E-state index is 13.7. The second-order valence-corrected chi connectivity index (χ2v) is 10.3. The van der Waals surface area contributed by atoms with Crippen molar-refractivity contribution in [2.45, 2.75) is 74.9 Å². The summed E-state index contributed by atoms with van der Waals surface area (Å²) in [6.07, 6.45) is 1.60. The van der Waals surface area contributed by atoms with E-state index in [2.05, 4.69) is 15.5 Å². The van der Waals surface area contributed by atoms with Gasteiger partial charge in [-0.1, -0.05) is 35.9 Å². The predicted octanol–water partition coefficient (Wildman–Crippen LogP) is 3.51. The molecule has 4 aliphatic rings. The molecule has 180 valence electrons. The quantitative estimate of drug-likeness (QED) is 0.690. The normalized spacial score (nSPS) is 28.8. The minimum atomic E-state index is -2.72. The number of rotatable bonds is 5. The first-order valence-electron chi connectivity index (χ1n) is 12.0. The van der Waals surface area contributed by atoms with Crippen molar-refractivity contribution in [2.75, 3.05) is 11.9 Å². The van der Waals surface area contributed by atoms with E-state index in [9.17, 15) is 23.2 Å². The number of benzene rings is 1. The molecular formula is C25H29F2N4O3+. The van der Waals surface area contributed by atoms with Gasteiger partial charge in [0.05, 0.1) is 6.42 Å². The fourth-order valence-corrected chi connectivity index (χ4v) is 5.67. The zero-order valence-electron chi connectivity index (χ0n) is 18.9. The Hall–Kier alpha value is -3.02. The molecule has 0 bridgehead atoms. The number of amides is 3. The van der Waals surface area contributed by atoms with Crippen LogP contribution in [0.15, 0.2) is 24.3 Å². The predicted molar refractivity (Wildman–Crippen MR) is 121 cm³/mol. The molecule has 7 nitrogen and oxygen atoms in total. The van der Waals surface area contributed by atoms with Gasteiger partial charge in [-0.2, -0.15) is 0 Å². The fraction of sp³-hybridized carbons (Fsp3) is 0.600. The Morgan fingerprint density at radius 1 is 1.21 bits per heavy atom. The van der Waals surface area contributed by atoms with Gasteiger partial charge < -0.3 is 10.6 Å². The molecule has 0 radical (unpaired) electrons. The van der Waals surface area contributed by atoms with Crippen LogP contribution in [0.4, 0.5) is 14.5 Å². The summed E-state index contributed by atoms with van der Waals surface area (Å²) in [4.78, 5) is 45.0. The largest absolute Gasteiger partial charge is 0.350 e. The molecule has 9 heteroatoms. The lowest BCUT2D eigenvalue weighted by molar-refractivity contribution is -0.139. The summed E-state index contributed by atoms with van der Waals surface area (Å²) < 4.78 is 27.1. The van der Waals surface area contributed by atoms with Crippen LogP contribution in [0.3, 0.4) is 0 Å². The maximum absolute atomic E-state index is 13.7. The molecule has 1 aromatic carbocycles. The average molecular weight is 472 g/mol. The van der Waals surface area contributed by atoms with Gasteiger partial charge in [0.1, 0.15) is 11.5 Å². The maximum Gasteiger partial charge on any atom is 0.350 e. The van der Waals surface area contributed by atoms with E-state index < -0.39 is 29.5 Å². The zero-order valence-corrected chi connectivity index (χ0v) is 18.9.